The fourth-order valence-electron chi connectivity index (χ4n) is 3.00. The van der Waals surface area contributed by atoms with Crippen molar-refractivity contribution in [2.75, 3.05) is 26.5 Å². The maximum atomic E-state index is 11.8. The fourth-order valence-corrected chi connectivity index (χ4v) is 4.08. The predicted molar refractivity (Wildman–Crippen MR) is 89.8 cm³/mol. The maximum Gasteiger partial charge on any atom is 0.225 e. The molecule has 0 radical (unpaired) electrons. The summed E-state index contributed by atoms with van der Waals surface area (Å²) in [6, 6.07) is 4.00. The van der Waals surface area contributed by atoms with Gasteiger partial charge in [-0.25, -0.2) is 0 Å². The van der Waals surface area contributed by atoms with E-state index < -0.39 is 6.23 Å². The van der Waals surface area contributed by atoms with Gasteiger partial charge in [-0.15, -0.1) is 11.8 Å². The zero-order valence-electron chi connectivity index (χ0n) is 13.4. The number of thioether (sulfide) groups is 1. The molecule has 23 heavy (non-hydrogen) atoms. The number of likely N-dealkylation sites (tertiary alicyclic amines) is 1. The van der Waals surface area contributed by atoms with Crippen LogP contribution in [0.4, 0.5) is 0 Å². The van der Waals surface area contributed by atoms with Crippen LogP contribution >= 0.6 is 11.8 Å². The first-order valence-corrected chi connectivity index (χ1v) is 8.68. The van der Waals surface area contributed by atoms with Gasteiger partial charge in [-0.05, 0) is 29.7 Å². The Morgan fingerprint density at radius 1 is 1.30 bits per heavy atom. The summed E-state index contributed by atoms with van der Waals surface area (Å²) < 4.78 is 10.8. The molecule has 1 amide bonds. The lowest BCUT2D eigenvalue weighted by Gasteiger charge is -2.23. The Labute approximate surface area is 140 Å². The molecule has 0 saturated carbocycles. The van der Waals surface area contributed by atoms with E-state index in [4.69, 9.17) is 9.47 Å². The Balaban J connectivity index is 1.88. The molecule has 0 spiro atoms. The van der Waals surface area contributed by atoms with E-state index in [9.17, 15) is 9.90 Å². The molecule has 2 aliphatic rings. The van der Waals surface area contributed by atoms with Gasteiger partial charge in [0.25, 0.3) is 0 Å². The molecule has 2 heterocycles. The number of aliphatic hydroxyl groups excluding tert-OH is 1. The Morgan fingerprint density at radius 2 is 2.04 bits per heavy atom. The molecule has 5 nitrogen and oxygen atoms in total. The van der Waals surface area contributed by atoms with Crippen LogP contribution in [-0.4, -0.2) is 48.7 Å². The molecular weight excluding hydrogens is 314 g/mol. The van der Waals surface area contributed by atoms with Gasteiger partial charge in [-0.3, -0.25) is 4.79 Å². The van der Waals surface area contributed by atoms with Crippen LogP contribution in [0.15, 0.2) is 23.1 Å². The van der Waals surface area contributed by atoms with Crippen LogP contribution in [0.5, 0.6) is 11.5 Å². The van der Waals surface area contributed by atoms with E-state index in [1.54, 1.807) is 26.0 Å². The molecular formula is C17H21NO4S. The summed E-state index contributed by atoms with van der Waals surface area (Å²) in [5, 5.41) is 9.87. The van der Waals surface area contributed by atoms with Gasteiger partial charge in [-0.2, -0.15) is 0 Å². The molecule has 2 aliphatic heterocycles. The molecule has 1 unspecified atom stereocenters. The summed E-state index contributed by atoms with van der Waals surface area (Å²) >= 11 is 1.79. The third-order valence-electron chi connectivity index (χ3n) is 4.29. The second-order valence-electron chi connectivity index (χ2n) is 5.60. The van der Waals surface area contributed by atoms with Crippen LogP contribution in [0.2, 0.25) is 0 Å². The molecule has 3 rings (SSSR count). The van der Waals surface area contributed by atoms with Gasteiger partial charge in [0.15, 0.2) is 11.5 Å². The van der Waals surface area contributed by atoms with Crippen molar-refractivity contribution in [1.29, 1.82) is 0 Å². The number of carbonyl (C=O) groups is 1. The van der Waals surface area contributed by atoms with Crippen molar-refractivity contribution in [3.8, 4) is 11.5 Å². The third kappa shape index (κ3) is 3.19. The molecule has 1 atom stereocenters. The lowest BCUT2D eigenvalue weighted by molar-refractivity contribution is -0.132. The van der Waals surface area contributed by atoms with E-state index in [1.165, 1.54) is 10.5 Å². The molecule has 0 aliphatic carbocycles. The van der Waals surface area contributed by atoms with Crippen LogP contribution in [0, 0.1) is 0 Å². The monoisotopic (exact) mass is 335 g/mol. The number of carbonyl (C=O) groups excluding carboxylic acids is 1. The number of nitrogens with zero attached hydrogens (tertiary/aromatic N) is 1. The van der Waals surface area contributed by atoms with Gasteiger partial charge in [0.2, 0.25) is 5.91 Å². The molecule has 124 valence electrons. The summed E-state index contributed by atoms with van der Waals surface area (Å²) in [5.41, 5.74) is 2.31. The molecule has 6 heteroatoms. The first-order chi connectivity index (χ1) is 11.1. The van der Waals surface area contributed by atoms with Crippen LogP contribution in [0.1, 0.15) is 24.8 Å². The van der Waals surface area contributed by atoms with Crippen molar-refractivity contribution in [2.45, 2.75) is 30.4 Å². The first kappa shape index (κ1) is 16.2. The zero-order valence-corrected chi connectivity index (χ0v) is 14.2. The van der Waals surface area contributed by atoms with Crippen molar-refractivity contribution in [3.05, 3.63) is 23.8 Å². The number of aliphatic hydroxyl groups is 1. The number of methoxy groups -OCH3 is 2. The Morgan fingerprint density at radius 3 is 2.70 bits per heavy atom. The van der Waals surface area contributed by atoms with Gasteiger partial charge in [0.1, 0.15) is 6.23 Å². The van der Waals surface area contributed by atoms with Gasteiger partial charge >= 0.3 is 0 Å². The predicted octanol–water partition coefficient (Wildman–Crippen LogP) is 2.52. The molecule has 1 fully saturated rings. The molecule has 1 N–H and O–H groups in total. The summed E-state index contributed by atoms with van der Waals surface area (Å²) in [4.78, 5) is 14.5. The Hall–Kier alpha value is -1.66. The number of allylic oxidation sites excluding steroid dienone is 1. The van der Waals surface area contributed by atoms with Crippen LogP contribution in [0.3, 0.4) is 0 Å². The number of hydrogen-bond donors (Lipinski definition) is 1. The van der Waals surface area contributed by atoms with E-state index in [0.29, 0.717) is 25.1 Å². The van der Waals surface area contributed by atoms with E-state index in [1.807, 2.05) is 12.1 Å². The molecule has 0 bridgehead atoms. The topological polar surface area (TPSA) is 59.0 Å². The Bertz CT molecular complexity index is 644. The normalized spacial score (nSPS) is 22.4. The smallest absolute Gasteiger partial charge is 0.225 e. The molecule has 1 aromatic rings. The van der Waals surface area contributed by atoms with Gasteiger partial charge in [0.05, 0.1) is 14.2 Å². The average molecular weight is 335 g/mol. The minimum absolute atomic E-state index is 0.0204. The van der Waals surface area contributed by atoms with E-state index in [2.05, 4.69) is 6.08 Å². The molecule has 1 saturated heterocycles. The highest BCUT2D eigenvalue weighted by Crippen LogP contribution is 2.43. The highest BCUT2D eigenvalue weighted by molar-refractivity contribution is 7.99. The number of amides is 1. The molecule has 0 aromatic heterocycles. The van der Waals surface area contributed by atoms with Crippen LogP contribution in [0.25, 0.3) is 5.57 Å². The minimum Gasteiger partial charge on any atom is -0.493 e. The summed E-state index contributed by atoms with van der Waals surface area (Å²) in [6.45, 7) is 0.452. The average Bonchev–Trinajstić information content (AvgIpc) is 2.89. The Kier molecular flexibility index (Phi) is 4.82. The fraction of sp³-hybridized carbons (Fsp3) is 0.471. The highest BCUT2D eigenvalue weighted by atomic mass is 32.2. The second-order valence-corrected chi connectivity index (χ2v) is 6.73. The van der Waals surface area contributed by atoms with Crippen molar-refractivity contribution in [3.63, 3.8) is 0 Å². The summed E-state index contributed by atoms with van der Waals surface area (Å²) in [5.74, 6) is 2.44. The maximum absolute atomic E-state index is 11.8. The largest absolute Gasteiger partial charge is 0.493 e. The van der Waals surface area contributed by atoms with Crippen molar-refractivity contribution >= 4 is 23.2 Å². The van der Waals surface area contributed by atoms with Crippen molar-refractivity contribution in [1.82, 2.24) is 4.90 Å². The quantitative estimate of drug-likeness (QED) is 0.916. The van der Waals surface area contributed by atoms with Crippen molar-refractivity contribution in [2.24, 2.45) is 0 Å². The van der Waals surface area contributed by atoms with Crippen molar-refractivity contribution < 1.29 is 19.4 Å². The van der Waals surface area contributed by atoms with Gasteiger partial charge in [0, 0.05) is 30.0 Å². The minimum atomic E-state index is -0.651. The third-order valence-corrected chi connectivity index (χ3v) is 5.35. The van der Waals surface area contributed by atoms with E-state index in [-0.39, 0.29) is 5.91 Å². The zero-order chi connectivity index (χ0) is 16.4. The van der Waals surface area contributed by atoms with Crippen LogP contribution < -0.4 is 9.47 Å². The number of ether oxygens (including phenoxy) is 2. The summed E-state index contributed by atoms with van der Waals surface area (Å²) in [7, 11) is 3.26. The number of benzene rings is 1. The lowest BCUT2D eigenvalue weighted by atomic mass is 10.0. The van der Waals surface area contributed by atoms with Gasteiger partial charge in [-0.1, -0.05) is 6.08 Å². The SMILES string of the molecule is COc1cc2c(cc1OC)/C(=C/CN1C(=O)CCC1O)CCS2. The van der Waals surface area contributed by atoms with Crippen LogP contribution in [-0.2, 0) is 4.79 Å². The van der Waals surface area contributed by atoms with E-state index in [0.717, 1.165) is 28.4 Å². The van der Waals surface area contributed by atoms with Gasteiger partial charge < -0.3 is 19.5 Å². The number of fused-ring (bicyclic) bond motifs is 1. The number of rotatable bonds is 4. The second kappa shape index (κ2) is 6.84. The highest BCUT2D eigenvalue weighted by Gasteiger charge is 2.28. The first-order valence-electron chi connectivity index (χ1n) is 7.69. The van der Waals surface area contributed by atoms with E-state index >= 15 is 0 Å². The standard InChI is InChI=1S/C17H21NO4S/c1-21-13-9-12-11(5-7-18-16(19)3-4-17(18)20)6-8-23-15(12)10-14(13)22-2/h5,9-10,16,19H,3-4,6-8H2,1-2H3/b11-5+. The lowest BCUT2D eigenvalue weighted by Crippen LogP contribution is -2.32. The number of hydrogen-bond acceptors (Lipinski definition) is 5. The molecule has 1 aromatic carbocycles. The summed E-state index contributed by atoms with van der Waals surface area (Å²) in [6.07, 6.45) is 3.30.